The van der Waals surface area contributed by atoms with Gasteiger partial charge in [-0.05, 0) is 70.5 Å². The lowest BCUT2D eigenvalue weighted by molar-refractivity contribution is 0.405. The lowest BCUT2D eigenvalue weighted by Gasteiger charge is -2.19. The molecular weight excluding hydrogens is 406 g/mol. The molecule has 1 unspecified atom stereocenters. The van der Waals surface area contributed by atoms with Gasteiger partial charge in [0.1, 0.15) is 11.6 Å². The number of hydrazine groups is 1. The molecule has 2 aromatic rings. The highest BCUT2D eigenvalue weighted by Gasteiger charge is 2.17. The van der Waals surface area contributed by atoms with Gasteiger partial charge >= 0.3 is 0 Å². The second kappa shape index (κ2) is 7.40. The molecule has 3 nitrogen and oxygen atoms in total. The summed E-state index contributed by atoms with van der Waals surface area (Å²) in [4.78, 5) is 0. The minimum atomic E-state index is -0.265. The molecule has 0 spiro atoms. The van der Waals surface area contributed by atoms with Crippen LogP contribution in [0.4, 0.5) is 4.39 Å². The summed E-state index contributed by atoms with van der Waals surface area (Å²) in [5, 5.41) is 0.635. The Morgan fingerprint density at radius 2 is 2.10 bits per heavy atom. The van der Waals surface area contributed by atoms with Crippen LogP contribution in [-0.2, 0) is 6.42 Å². The van der Waals surface area contributed by atoms with Crippen LogP contribution in [0.1, 0.15) is 17.2 Å². The summed E-state index contributed by atoms with van der Waals surface area (Å²) in [5.41, 5.74) is 4.64. The Labute approximate surface area is 141 Å². The number of hydrogen-bond acceptors (Lipinski definition) is 3. The lowest BCUT2D eigenvalue weighted by Crippen LogP contribution is -2.30. The smallest absolute Gasteiger partial charge is 0.124 e. The van der Waals surface area contributed by atoms with Crippen LogP contribution in [0.15, 0.2) is 36.4 Å². The zero-order valence-corrected chi connectivity index (χ0v) is 14.3. The minimum Gasteiger partial charge on any atom is -0.496 e. The number of halogens is 3. The average Bonchev–Trinajstić information content (AvgIpc) is 2.45. The van der Waals surface area contributed by atoms with Crippen molar-refractivity contribution in [2.45, 2.75) is 12.5 Å². The largest absolute Gasteiger partial charge is 0.496 e. The number of benzene rings is 2. The molecule has 2 aromatic carbocycles. The molecule has 21 heavy (non-hydrogen) atoms. The fourth-order valence-corrected chi connectivity index (χ4v) is 3.22. The third kappa shape index (κ3) is 4.06. The molecule has 0 aliphatic carbocycles. The number of hydrogen-bond donors (Lipinski definition) is 2. The van der Waals surface area contributed by atoms with E-state index < -0.39 is 0 Å². The normalized spacial score (nSPS) is 12.2. The first-order valence-corrected chi connectivity index (χ1v) is 7.74. The van der Waals surface area contributed by atoms with Crippen molar-refractivity contribution in [2.75, 3.05) is 7.11 Å². The van der Waals surface area contributed by atoms with Crippen LogP contribution < -0.4 is 16.0 Å². The fourth-order valence-electron chi connectivity index (χ4n) is 2.17. The Morgan fingerprint density at radius 1 is 1.33 bits per heavy atom. The van der Waals surface area contributed by atoms with Crippen molar-refractivity contribution in [1.29, 1.82) is 0 Å². The van der Waals surface area contributed by atoms with Crippen molar-refractivity contribution >= 4 is 34.2 Å². The Hall–Kier alpha value is -0.890. The molecule has 0 saturated carbocycles. The van der Waals surface area contributed by atoms with Gasteiger partial charge < -0.3 is 4.74 Å². The van der Waals surface area contributed by atoms with E-state index in [1.54, 1.807) is 19.2 Å². The summed E-state index contributed by atoms with van der Waals surface area (Å²) in [7, 11) is 1.61. The van der Waals surface area contributed by atoms with Crippen LogP contribution in [-0.4, -0.2) is 7.11 Å². The maximum atomic E-state index is 13.2. The molecule has 0 saturated heterocycles. The number of nitrogens with one attached hydrogen (secondary N) is 1. The van der Waals surface area contributed by atoms with Crippen molar-refractivity contribution in [3.8, 4) is 5.75 Å². The molecule has 1 atom stereocenters. The third-order valence-corrected chi connectivity index (χ3v) is 4.37. The number of nitrogens with two attached hydrogens (primary N) is 1. The van der Waals surface area contributed by atoms with Gasteiger partial charge in [-0.2, -0.15) is 0 Å². The minimum absolute atomic E-state index is 0.162. The molecule has 0 radical (unpaired) electrons. The van der Waals surface area contributed by atoms with Crippen LogP contribution in [0, 0.1) is 9.39 Å². The van der Waals surface area contributed by atoms with Gasteiger partial charge in [0.05, 0.1) is 13.2 Å². The quantitative estimate of drug-likeness (QED) is 0.439. The molecule has 3 N–H and O–H groups in total. The maximum Gasteiger partial charge on any atom is 0.124 e. The molecule has 112 valence electrons. The van der Waals surface area contributed by atoms with Crippen molar-refractivity contribution in [3.05, 3.63) is 61.9 Å². The van der Waals surface area contributed by atoms with Crippen LogP contribution >= 0.6 is 34.2 Å². The standard InChI is InChI=1S/C15H15ClFIN2O/c1-21-15-5-2-10(16)6-9(15)7-14(20-19)12-4-3-11(17)8-13(12)18/h2-6,8,14,20H,7,19H2,1H3. The SMILES string of the molecule is COc1ccc(Cl)cc1CC(NN)c1ccc(F)cc1I. The Bertz CT molecular complexity index is 639. The van der Waals surface area contributed by atoms with Gasteiger partial charge in [0, 0.05) is 8.59 Å². The van der Waals surface area contributed by atoms with Crippen LogP contribution in [0.3, 0.4) is 0 Å². The first kappa shape index (κ1) is 16.5. The summed E-state index contributed by atoms with van der Waals surface area (Å²) >= 11 is 8.14. The van der Waals surface area contributed by atoms with E-state index in [4.69, 9.17) is 22.2 Å². The molecule has 0 amide bonds. The van der Waals surface area contributed by atoms with Gasteiger partial charge in [0.2, 0.25) is 0 Å². The van der Waals surface area contributed by atoms with Gasteiger partial charge in [-0.15, -0.1) is 0 Å². The highest BCUT2D eigenvalue weighted by Crippen LogP contribution is 2.29. The van der Waals surface area contributed by atoms with Gasteiger partial charge in [0.25, 0.3) is 0 Å². The van der Waals surface area contributed by atoms with Crippen LogP contribution in [0.5, 0.6) is 5.75 Å². The maximum absolute atomic E-state index is 13.2. The first-order chi connectivity index (χ1) is 10.0. The summed E-state index contributed by atoms with van der Waals surface area (Å²) in [5.74, 6) is 6.15. The number of rotatable bonds is 5. The zero-order valence-electron chi connectivity index (χ0n) is 11.4. The van der Waals surface area contributed by atoms with E-state index in [2.05, 4.69) is 28.0 Å². The Balaban J connectivity index is 2.33. The highest BCUT2D eigenvalue weighted by atomic mass is 127. The van der Waals surface area contributed by atoms with Gasteiger partial charge in [0.15, 0.2) is 0 Å². The van der Waals surface area contributed by atoms with E-state index in [1.165, 1.54) is 12.1 Å². The van der Waals surface area contributed by atoms with E-state index >= 15 is 0 Å². The average molecular weight is 421 g/mol. The van der Waals surface area contributed by atoms with Crippen molar-refractivity contribution in [2.24, 2.45) is 5.84 Å². The molecule has 0 aliphatic heterocycles. The Kier molecular flexibility index (Phi) is 5.80. The second-order valence-electron chi connectivity index (χ2n) is 4.55. The fraction of sp³-hybridized carbons (Fsp3) is 0.200. The molecule has 0 aliphatic rings. The third-order valence-electron chi connectivity index (χ3n) is 3.21. The predicted molar refractivity (Wildman–Crippen MR) is 90.9 cm³/mol. The van der Waals surface area contributed by atoms with E-state index in [1.807, 2.05) is 12.1 Å². The topological polar surface area (TPSA) is 47.3 Å². The highest BCUT2D eigenvalue weighted by molar-refractivity contribution is 14.1. The van der Waals surface area contributed by atoms with Gasteiger partial charge in [-0.25, -0.2) is 4.39 Å². The van der Waals surface area contributed by atoms with Gasteiger partial charge in [-0.1, -0.05) is 17.7 Å². The zero-order chi connectivity index (χ0) is 15.4. The van der Waals surface area contributed by atoms with Gasteiger partial charge in [-0.3, -0.25) is 11.3 Å². The summed E-state index contributed by atoms with van der Waals surface area (Å²) < 4.78 is 19.4. The Morgan fingerprint density at radius 3 is 2.71 bits per heavy atom. The van der Waals surface area contributed by atoms with Crippen molar-refractivity contribution in [1.82, 2.24) is 5.43 Å². The molecule has 2 rings (SSSR count). The van der Waals surface area contributed by atoms with E-state index in [-0.39, 0.29) is 11.9 Å². The lowest BCUT2D eigenvalue weighted by atomic mass is 9.98. The molecule has 0 bridgehead atoms. The van der Waals surface area contributed by atoms with Crippen molar-refractivity contribution < 1.29 is 9.13 Å². The molecule has 0 fully saturated rings. The predicted octanol–water partition coefficient (Wildman–Crippen LogP) is 3.84. The summed E-state index contributed by atoms with van der Waals surface area (Å²) in [6.07, 6.45) is 0.585. The van der Waals surface area contributed by atoms with E-state index in [0.29, 0.717) is 11.4 Å². The van der Waals surface area contributed by atoms with Crippen LogP contribution in [0.25, 0.3) is 0 Å². The van der Waals surface area contributed by atoms with E-state index in [0.717, 1.165) is 20.4 Å². The first-order valence-electron chi connectivity index (χ1n) is 6.28. The monoisotopic (exact) mass is 420 g/mol. The molecule has 0 aromatic heterocycles. The number of ether oxygens (including phenoxy) is 1. The van der Waals surface area contributed by atoms with E-state index in [9.17, 15) is 4.39 Å². The molecule has 0 heterocycles. The van der Waals surface area contributed by atoms with Crippen molar-refractivity contribution in [3.63, 3.8) is 0 Å². The number of methoxy groups -OCH3 is 1. The molecule has 6 heteroatoms. The van der Waals surface area contributed by atoms with Crippen LogP contribution in [0.2, 0.25) is 5.02 Å². The summed E-state index contributed by atoms with van der Waals surface area (Å²) in [6, 6.07) is 9.92. The molecular formula is C15H15ClFIN2O. The summed E-state index contributed by atoms with van der Waals surface area (Å²) in [6.45, 7) is 0. The second-order valence-corrected chi connectivity index (χ2v) is 6.14.